The third kappa shape index (κ3) is 9.62. The Bertz CT molecular complexity index is 340. The SMILES string of the molecule is CNCC(C)CC(C)(C)CC(=O)NC(C)CC(C)C(C)=O. The molecule has 0 aliphatic carbocycles. The smallest absolute Gasteiger partial charge is 0.220 e. The van der Waals surface area contributed by atoms with Gasteiger partial charge in [0.25, 0.3) is 0 Å². The van der Waals surface area contributed by atoms with Crippen molar-refractivity contribution in [3.05, 3.63) is 0 Å². The van der Waals surface area contributed by atoms with Crippen molar-refractivity contribution in [3.63, 3.8) is 0 Å². The Kier molecular flexibility index (Phi) is 8.79. The molecule has 0 saturated carbocycles. The lowest BCUT2D eigenvalue weighted by molar-refractivity contribution is -0.125. The zero-order valence-electron chi connectivity index (χ0n) is 14.9. The summed E-state index contributed by atoms with van der Waals surface area (Å²) < 4.78 is 0. The molecule has 0 radical (unpaired) electrons. The van der Waals surface area contributed by atoms with Crippen molar-refractivity contribution in [3.8, 4) is 0 Å². The van der Waals surface area contributed by atoms with Crippen LogP contribution in [0.25, 0.3) is 0 Å². The first-order valence-corrected chi connectivity index (χ1v) is 8.01. The lowest BCUT2D eigenvalue weighted by Crippen LogP contribution is -2.37. The molecule has 0 aromatic carbocycles. The van der Waals surface area contributed by atoms with Crippen molar-refractivity contribution in [1.82, 2.24) is 10.6 Å². The number of ketones is 1. The lowest BCUT2D eigenvalue weighted by Gasteiger charge is -2.28. The first-order chi connectivity index (χ1) is 9.57. The topological polar surface area (TPSA) is 58.2 Å². The molecule has 0 aliphatic rings. The van der Waals surface area contributed by atoms with Gasteiger partial charge < -0.3 is 10.6 Å². The molecule has 4 nitrogen and oxygen atoms in total. The number of hydrogen-bond donors (Lipinski definition) is 2. The van der Waals surface area contributed by atoms with Crippen molar-refractivity contribution in [1.29, 1.82) is 0 Å². The number of rotatable bonds is 10. The highest BCUT2D eigenvalue weighted by Gasteiger charge is 2.25. The van der Waals surface area contributed by atoms with Gasteiger partial charge in [-0.3, -0.25) is 9.59 Å². The molecule has 0 aliphatic heterocycles. The van der Waals surface area contributed by atoms with E-state index in [2.05, 4.69) is 31.4 Å². The Hall–Kier alpha value is -0.900. The van der Waals surface area contributed by atoms with Gasteiger partial charge in [-0.1, -0.05) is 27.7 Å². The van der Waals surface area contributed by atoms with Crippen LogP contribution in [0.3, 0.4) is 0 Å². The fourth-order valence-corrected chi connectivity index (χ4v) is 2.95. The van der Waals surface area contributed by atoms with E-state index < -0.39 is 0 Å². The normalized spacial score (nSPS) is 16.1. The van der Waals surface area contributed by atoms with Crippen LogP contribution in [0.5, 0.6) is 0 Å². The van der Waals surface area contributed by atoms with E-state index >= 15 is 0 Å². The zero-order chi connectivity index (χ0) is 16.6. The molecule has 4 heteroatoms. The van der Waals surface area contributed by atoms with E-state index in [-0.39, 0.29) is 29.1 Å². The molecule has 0 aromatic rings. The maximum absolute atomic E-state index is 12.1. The van der Waals surface area contributed by atoms with Gasteiger partial charge in [0.05, 0.1) is 0 Å². The Morgan fingerprint density at radius 1 is 1.14 bits per heavy atom. The van der Waals surface area contributed by atoms with Gasteiger partial charge in [0.2, 0.25) is 5.91 Å². The van der Waals surface area contributed by atoms with E-state index in [1.54, 1.807) is 6.92 Å². The van der Waals surface area contributed by atoms with Crippen LogP contribution in [0.15, 0.2) is 0 Å². The van der Waals surface area contributed by atoms with Crippen LogP contribution in [0, 0.1) is 17.3 Å². The maximum atomic E-state index is 12.1. The Labute approximate surface area is 130 Å². The predicted molar refractivity (Wildman–Crippen MR) is 88.2 cm³/mol. The highest BCUT2D eigenvalue weighted by atomic mass is 16.1. The number of carbonyl (C=O) groups excluding carboxylic acids is 2. The Morgan fingerprint density at radius 2 is 1.71 bits per heavy atom. The summed E-state index contributed by atoms with van der Waals surface area (Å²) in [7, 11) is 1.95. The van der Waals surface area contributed by atoms with Crippen LogP contribution in [0.1, 0.15) is 60.8 Å². The molecular formula is C17H34N2O2. The van der Waals surface area contributed by atoms with E-state index in [0.29, 0.717) is 18.8 Å². The van der Waals surface area contributed by atoms with Gasteiger partial charge in [0.1, 0.15) is 5.78 Å². The van der Waals surface area contributed by atoms with Gasteiger partial charge in [-0.15, -0.1) is 0 Å². The second-order valence-electron chi connectivity index (χ2n) is 7.42. The molecular weight excluding hydrogens is 264 g/mol. The third-order valence-corrected chi connectivity index (χ3v) is 3.90. The van der Waals surface area contributed by atoms with E-state index in [0.717, 1.165) is 13.0 Å². The fourth-order valence-electron chi connectivity index (χ4n) is 2.95. The fraction of sp³-hybridized carbons (Fsp3) is 0.882. The molecule has 2 N–H and O–H groups in total. The van der Waals surface area contributed by atoms with Crippen molar-refractivity contribution in [2.24, 2.45) is 17.3 Å². The summed E-state index contributed by atoms with van der Waals surface area (Å²) >= 11 is 0. The first-order valence-electron chi connectivity index (χ1n) is 8.01. The van der Waals surface area contributed by atoms with Gasteiger partial charge in [-0.25, -0.2) is 0 Å². The van der Waals surface area contributed by atoms with Crippen molar-refractivity contribution < 1.29 is 9.59 Å². The van der Waals surface area contributed by atoms with Gasteiger partial charge >= 0.3 is 0 Å². The first kappa shape index (κ1) is 20.1. The van der Waals surface area contributed by atoms with Crippen LogP contribution < -0.4 is 10.6 Å². The second-order valence-corrected chi connectivity index (χ2v) is 7.42. The summed E-state index contributed by atoms with van der Waals surface area (Å²) in [6, 6.07) is 0.0435. The van der Waals surface area contributed by atoms with Gasteiger partial charge in [0.15, 0.2) is 0 Å². The average Bonchev–Trinajstić information content (AvgIpc) is 2.26. The summed E-state index contributed by atoms with van der Waals surface area (Å²) in [6.45, 7) is 12.9. The molecule has 0 spiro atoms. The maximum Gasteiger partial charge on any atom is 0.220 e. The molecule has 0 fully saturated rings. The number of carbonyl (C=O) groups is 2. The minimum absolute atomic E-state index is 0.00367. The van der Waals surface area contributed by atoms with Crippen molar-refractivity contribution in [2.45, 2.75) is 66.8 Å². The summed E-state index contributed by atoms with van der Waals surface area (Å²) in [6.07, 6.45) is 2.25. The molecule has 0 saturated heterocycles. The molecule has 124 valence electrons. The van der Waals surface area contributed by atoms with Gasteiger partial charge in [-0.2, -0.15) is 0 Å². The molecule has 3 unspecified atom stereocenters. The number of nitrogens with one attached hydrogen (secondary N) is 2. The van der Waals surface area contributed by atoms with Crippen LogP contribution in [0.2, 0.25) is 0 Å². The van der Waals surface area contributed by atoms with Crippen molar-refractivity contribution in [2.75, 3.05) is 13.6 Å². The molecule has 0 bridgehead atoms. The predicted octanol–water partition coefficient (Wildman–Crippen LogP) is 2.77. The Morgan fingerprint density at radius 3 is 2.19 bits per heavy atom. The summed E-state index contributed by atoms with van der Waals surface area (Å²) in [5, 5.41) is 6.20. The second kappa shape index (κ2) is 9.19. The summed E-state index contributed by atoms with van der Waals surface area (Å²) in [5.41, 5.74) is -0.00768. The minimum Gasteiger partial charge on any atom is -0.354 e. The van der Waals surface area contributed by atoms with Gasteiger partial charge in [-0.05, 0) is 51.6 Å². The summed E-state index contributed by atoms with van der Waals surface area (Å²) in [5.74, 6) is 0.814. The number of Topliss-reactive ketones (excluding diaryl/α,β-unsaturated/α-hetero) is 1. The molecule has 0 rings (SSSR count). The van der Waals surface area contributed by atoms with Crippen molar-refractivity contribution >= 4 is 11.7 Å². The van der Waals surface area contributed by atoms with E-state index in [9.17, 15) is 9.59 Å². The highest BCUT2D eigenvalue weighted by molar-refractivity contribution is 5.78. The molecule has 1 amide bonds. The largest absolute Gasteiger partial charge is 0.354 e. The average molecular weight is 298 g/mol. The molecule has 0 aromatic heterocycles. The van der Waals surface area contributed by atoms with Crippen LogP contribution in [-0.4, -0.2) is 31.3 Å². The highest BCUT2D eigenvalue weighted by Crippen LogP contribution is 2.29. The quantitative estimate of drug-likeness (QED) is 0.652. The molecule has 0 heterocycles. The Balaban J connectivity index is 4.25. The molecule has 3 atom stereocenters. The number of amides is 1. The van der Waals surface area contributed by atoms with E-state index in [4.69, 9.17) is 0 Å². The van der Waals surface area contributed by atoms with Gasteiger partial charge in [0, 0.05) is 18.4 Å². The number of hydrogen-bond acceptors (Lipinski definition) is 3. The third-order valence-electron chi connectivity index (χ3n) is 3.90. The van der Waals surface area contributed by atoms with E-state index in [1.165, 1.54) is 0 Å². The zero-order valence-corrected chi connectivity index (χ0v) is 14.9. The summed E-state index contributed by atoms with van der Waals surface area (Å²) in [4.78, 5) is 23.4. The van der Waals surface area contributed by atoms with E-state index in [1.807, 2.05) is 20.9 Å². The monoisotopic (exact) mass is 298 g/mol. The molecule has 21 heavy (non-hydrogen) atoms. The minimum atomic E-state index is -0.00768. The lowest BCUT2D eigenvalue weighted by atomic mass is 9.80. The standard InChI is InChI=1S/C17H34N2O2/c1-12(11-18-7)9-17(5,6)10-16(21)19-14(3)8-13(2)15(4)20/h12-14,18H,8-11H2,1-7H3,(H,19,21). The van der Waals surface area contributed by atoms with Crippen LogP contribution >= 0.6 is 0 Å². The van der Waals surface area contributed by atoms with Crippen LogP contribution in [0.4, 0.5) is 0 Å². The van der Waals surface area contributed by atoms with Crippen LogP contribution in [-0.2, 0) is 9.59 Å².